The lowest BCUT2D eigenvalue weighted by molar-refractivity contribution is -0.308. The molecule has 0 aromatic heterocycles. The highest BCUT2D eigenvalue weighted by Crippen LogP contribution is 2.13. The largest absolute Gasteiger partial charge is 0.548 e. The van der Waals surface area contributed by atoms with Gasteiger partial charge in [0.1, 0.15) is 5.75 Å². The van der Waals surface area contributed by atoms with Crippen LogP contribution in [0.4, 0.5) is 0 Å². The topological polar surface area (TPSA) is 78.5 Å². The second-order valence-corrected chi connectivity index (χ2v) is 5.21. The second-order valence-electron chi connectivity index (χ2n) is 5.21. The van der Waals surface area contributed by atoms with Crippen LogP contribution in [0.3, 0.4) is 0 Å². The van der Waals surface area contributed by atoms with Crippen LogP contribution in [0.5, 0.6) is 5.75 Å². The molecular weight excluding hydrogens is 282 g/mol. The summed E-state index contributed by atoms with van der Waals surface area (Å²) in [5, 5.41) is 13.4. The molecule has 0 bridgehead atoms. The van der Waals surface area contributed by atoms with Gasteiger partial charge in [0, 0.05) is 5.56 Å². The Bertz CT molecular complexity index is 470. The van der Waals surface area contributed by atoms with E-state index in [0.29, 0.717) is 30.8 Å². The van der Waals surface area contributed by atoms with Crippen LogP contribution in [-0.2, 0) is 4.79 Å². The molecule has 0 fully saturated rings. The normalized spacial score (nSPS) is 11.7. The van der Waals surface area contributed by atoms with Crippen LogP contribution in [-0.4, -0.2) is 24.5 Å². The molecule has 22 heavy (non-hydrogen) atoms. The molecule has 1 amide bonds. The van der Waals surface area contributed by atoms with E-state index in [-0.39, 0.29) is 0 Å². The molecule has 0 aliphatic carbocycles. The van der Waals surface area contributed by atoms with Crippen molar-refractivity contribution in [1.29, 1.82) is 0 Å². The average molecular weight is 306 g/mol. The summed E-state index contributed by atoms with van der Waals surface area (Å²) in [6, 6.07) is 5.73. The monoisotopic (exact) mass is 306 g/mol. The van der Waals surface area contributed by atoms with Gasteiger partial charge in [-0.1, -0.05) is 33.1 Å². The first-order valence-electron chi connectivity index (χ1n) is 7.83. The molecular formula is C17H24NO4-. The number of hydrogen-bond acceptors (Lipinski definition) is 4. The molecule has 122 valence electrons. The number of carboxylic acid groups (broad SMARTS) is 1. The lowest BCUT2D eigenvalue weighted by Gasteiger charge is -2.19. The molecule has 1 atom stereocenters. The van der Waals surface area contributed by atoms with E-state index in [1.54, 1.807) is 24.3 Å². The minimum Gasteiger partial charge on any atom is -0.548 e. The van der Waals surface area contributed by atoms with Gasteiger partial charge in [-0.15, -0.1) is 0 Å². The molecule has 5 heteroatoms. The zero-order valence-electron chi connectivity index (χ0n) is 13.3. The molecule has 0 radical (unpaired) electrons. The van der Waals surface area contributed by atoms with Gasteiger partial charge in [0.2, 0.25) is 0 Å². The number of rotatable bonds is 10. The molecule has 1 aromatic carbocycles. The van der Waals surface area contributed by atoms with E-state index in [1.165, 1.54) is 0 Å². The van der Waals surface area contributed by atoms with E-state index < -0.39 is 17.9 Å². The highest BCUT2D eigenvalue weighted by atomic mass is 16.5. The number of amides is 1. The van der Waals surface area contributed by atoms with Crippen molar-refractivity contribution in [2.75, 3.05) is 6.61 Å². The van der Waals surface area contributed by atoms with Gasteiger partial charge >= 0.3 is 0 Å². The van der Waals surface area contributed by atoms with Gasteiger partial charge in [-0.25, -0.2) is 0 Å². The highest BCUT2D eigenvalue weighted by Gasteiger charge is 2.13. The molecule has 0 aliphatic heterocycles. The van der Waals surface area contributed by atoms with Gasteiger partial charge in [-0.3, -0.25) is 4.79 Å². The summed E-state index contributed by atoms with van der Waals surface area (Å²) >= 11 is 0. The first-order chi connectivity index (χ1) is 10.6. The van der Waals surface area contributed by atoms with Gasteiger partial charge in [-0.2, -0.15) is 0 Å². The Balaban J connectivity index is 2.54. The van der Waals surface area contributed by atoms with Gasteiger partial charge in [0.15, 0.2) is 0 Å². The van der Waals surface area contributed by atoms with Crippen LogP contribution in [0.15, 0.2) is 24.3 Å². The van der Waals surface area contributed by atoms with E-state index in [9.17, 15) is 14.7 Å². The van der Waals surface area contributed by atoms with Crippen molar-refractivity contribution in [2.24, 2.45) is 0 Å². The van der Waals surface area contributed by atoms with E-state index in [4.69, 9.17) is 4.74 Å². The van der Waals surface area contributed by atoms with Crippen molar-refractivity contribution < 1.29 is 19.4 Å². The Kier molecular flexibility index (Phi) is 8.04. The number of hydrogen-bond donors (Lipinski definition) is 1. The molecule has 0 saturated carbocycles. The Morgan fingerprint density at radius 3 is 2.36 bits per heavy atom. The zero-order chi connectivity index (χ0) is 16.4. The molecule has 0 heterocycles. The Hall–Kier alpha value is -2.04. The smallest absolute Gasteiger partial charge is 0.251 e. The van der Waals surface area contributed by atoms with E-state index in [1.807, 2.05) is 6.92 Å². The van der Waals surface area contributed by atoms with E-state index >= 15 is 0 Å². The standard InChI is InChI=1S/C17H25NO4/c1-3-5-6-12-22-14-10-8-13(9-11-14)16(19)18-15(7-4-2)17(20)21/h8-11,15H,3-7,12H2,1-2H3,(H,18,19)(H,20,21)/p-1/t15-/m1/s1. The van der Waals surface area contributed by atoms with Crippen LogP contribution in [0.25, 0.3) is 0 Å². The number of nitrogens with one attached hydrogen (secondary N) is 1. The second kappa shape index (κ2) is 9.82. The fourth-order valence-corrected chi connectivity index (χ4v) is 2.02. The van der Waals surface area contributed by atoms with Crippen molar-refractivity contribution in [3.63, 3.8) is 0 Å². The van der Waals surface area contributed by atoms with E-state index in [0.717, 1.165) is 19.3 Å². The number of carbonyl (C=O) groups excluding carboxylic acids is 2. The summed E-state index contributed by atoms with van der Waals surface area (Å²) in [5.41, 5.74) is 0.406. The molecule has 0 aliphatic rings. The van der Waals surface area contributed by atoms with Gasteiger partial charge in [-0.05, 0) is 37.1 Å². The summed E-state index contributed by atoms with van der Waals surface area (Å²) in [6.45, 7) is 4.64. The van der Waals surface area contributed by atoms with Crippen LogP contribution < -0.4 is 15.2 Å². The number of carboxylic acids is 1. The highest BCUT2D eigenvalue weighted by molar-refractivity contribution is 5.96. The van der Waals surface area contributed by atoms with Crippen LogP contribution >= 0.6 is 0 Å². The first-order valence-corrected chi connectivity index (χ1v) is 7.83. The summed E-state index contributed by atoms with van der Waals surface area (Å²) in [4.78, 5) is 22.9. The molecule has 0 unspecified atom stereocenters. The molecule has 0 saturated heterocycles. The third-order valence-corrected chi connectivity index (χ3v) is 3.30. The lowest BCUT2D eigenvalue weighted by atomic mass is 10.1. The molecule has 1 rings (SSSR count). The fourth-order valence-electron chi connectivity index (χ4n) is 2.02. The Morgan fingerprint density at radius 1 is 1.14 bits per heavy atom. The van der Waals surface area contributed by atoms with Crippen LogP contribution in [0, 0.1) is 0 Å². The average Bonchev–Trinajstić information content (AvgIpc) is 2.51. The summed E-state index contributed by atoms with van der Waals surface area (Å²) in [5.74, 6) is -0.969. The maximum absolute atomic E-state index is 12.0. The van der Waals surface area contributed by atoms with Crippen molar-refractivity contribution in [3.8, 4) is 5.75 Å². The molecule has 1 aromatic rings. The molecule has 0 spiro atoms. The minimum absolute atomic E-state index is 0.354. The predicted octanol–water partition coefficient (Wildman–Crippen LogP) is 1.90. The third kappa shape index (κ3) is 6.16. The van der Waals surface area contributed by atoms with Gasteiger partial charge in [0.05, 0.1) is 18.6 Å². The number of aliphatic carboxylic acids is 1. The van der Waals surface area contributed by atoms with Crippen molar-refractivity contribution in [2.45, 2.75) is 52.0 Å². The number of benzene rings is 1. The van der Waals surface area contributed by atoms with E-state index in [2.05, 4.69) is 12.2 Å². The van der Waals surface area contributed by atoms with Crippen molar-refractivity contribution in [1.82, 2.24) is 5.32 Å². The van der Waals surface area contributed by atoms with Crippen molar-refractivity contribution >= 4 is 11.9 Å². The number of unbranched alkanes of at least 4 members (excludes halogenated alkanes) is 2. The van der Waals surface area contributed by atoms with Crippen LogP contribution in [0.2, 0.25) is 0 Å². The van der Waals surface area contributed by atoms with Crippen LogP contribution in [0.1, 0.15) is 56.3 Å². The first kappa shape index (κ1) is 18.0. The van der Waals surface area contributed by atoms with Crippen molar-refractivity contribution in [3.05, 3.63) is 29.8 Å². The summed E-state index contributed by atoms with van der Waals surface area (Å²) in [6.07, 6.45) is 4.28. The zero-order valence-corrected chi connectivity index (χ0v) is 13.3. The fraction of sp³-hybridized carbons (Fsp3) is 0.529. The van der Waals surface area contributed by atoms with Gasteiger partial charge < -0.3 is 20.0 Å². The maximum Gasteiger partial charge on any atom is 0.251 e. The summed E-state index contributed by atoms with van der Waals surface area (Å²) < 4.78 is 5.56. The maximum atomic E-state index is 12.0. The Morgan fingerprint density at radius 2 is 1.82 bits per heavy atom. The number of ether oxygens (including phenoxy) is 1. The minimum atomic E-state index is -1.26. The third-order valence-electron chi connectivity index (χ3n) is 3.30. The molecule has 5 nitrogen and oxygen atoms in total. The lowest BCUT2D eigenvalue weighted by Crippen LogP contribution is -2.47. The predicted molar refractivity (Wildman–Crippen MR) is 82.6 cm³/mol. The Labute approximate surface area is 131 Å². The summed E-state index contributed by atoms with van der Waals surface area (Å²) in [7, 11) is 0. The quantitative estimate of drug-likeness (QED) is 0.670. The molecule has 1 N–H and O–H groups in total. The van der Waals surface area contributed by atoms with Gasteiger partial charge in [0.25, 0.3) is 5.91 Å². The SMILES string of the molecule is CCCCCOc1ccc(C(=O)N[C@H](CCC)C(=O)[O-])cc1. The number of carbonyl (C=O) groups is 2.